The average Bonchev–Trinajstić information content (AvgIpc) is 2.70. The van der Waals surface area contributed by atoms with Crippen LogP contribution in [0.15, 0.2) is 36.5 Å². The fourth-order valence-corrected chi connectivity index (χ4v) is 2.12. The molecular weight excluding hydrogens is 264 g/mol. The molecule has 0 aromatic carbocycles. The molecule has 96 valence electrons. The molecule has 0 saturated carbocycles. The molecule has 0 bridgehead atoms. The monoisotopic (exact) mass is 274 g/mol. The Morgan fingerprint density at radius 2 is 2.16 bits per heavy atom. The lowest BCUT2D eigenvalue weighted by Crippen LogP contribution is -2.30. The Labute approximate surface area is 114 Å². The SMILES string of the molecule is C[n+]1c([O-])nn2c(Cc3ccc(Cl)nc3)cccc21. The molecule has 3 heterocycles. The van der Waals surface area contributed by atoms with Gasteiger partial charge in [0.15, 0.2) is 0 Å². The largest absolute Gasteiger partial charge is 0.818 e. The number of halogens is 1. The summed E-state index contributed by atoms with van der Waals surface area (Å²) in [6.45, 7) is 0. The molecule has 3 aromatic heterocycles. The maximum Gasteiger partial charge on any atom is 0.265 e. The van der Waals surface area contributed by atoms with E-state index in [2.05, 4.69) is 10.1 Å². The lowest BCUT2D eigenvalue weighted by atomic mass is 10.1. The molecule has 0 aliphatic carbocycles. The zero-order valence-corrected chi connectivity index (χ0v) is 11.0. The Morgan fingerprint density at radius 3 is 2.89 bits per heavy atom. The first-order valence-corrected chi connectivity index (χ1v) is 6.17. The van der Waals surface area contributed by atoms with E-state index in [1.54, 1.807) is 23.8 Å². The van der Waals surface area contributed by atoms with Gasteiger partial charge in [0, 0.05) is 23.8 Å². The first-order chi connectivity index (χ1) is 9.15. The van der Waals surface area contributed by atoms with Crippen molar-refractivity contribution in [3.05, 3.63) is 52.9 Å². The number of nitrogens with zero attached hydrogens (tertiary/aromatic N) is 4. The molecule has 6 heteroatoms. The summed E-state index contributed by atoms with van der Waals surface area (Å²) >= 11 is 5.76. The number of fused-ring (bicyclic) bond motifs is 1. The number of pyridine rings is 2. The molecule has 19 heavy (non-hydrogen) atoms. The molecule has 0 unspecified atom stereocenters. The van der Waals surface area contributed by atoms with Crippen LogP contribution in [0.4, 0.5) is 0 Å². The summed E-state index contributed by atoms with van der Waals surface area (Å²) in [5.41, 5.74) is 2.71. The van der Waals surface area contributed by atoms with Crippen LogP contribution in [0.2, 0.25) is 5.15 Å². The highest BCUT2D eigenvalue weighted by Crippen LogP contribution is 2.12. The van der Waals surface area contributed by atoms with Gasteiger partial charge in [-0.15, -0.1) is 0 Å². The van der Waals surface area contributed by atoms with Crippen molar-refractivity contribution in [2.45, 2.75) is 6.42 Å². The lowest BCUT2D eigenvalue weighted by Gasteiger charge is -2.00. The van der Waals surface area contributed by atoms with Gasteiger partial charge in [0.2, 0.25) is 6.01 Å². The molecule has 0 spiro atoms. The molecular formula is C13H11ClN4O. The van der Waals surface area contributed by atoms with Gasteiger partial charge >= 0.3 is 0 Å². The van der Waals surface area contributed by atoms with Crippen LogP contribution in [0, 0.1) is 0 Å². The molecule has 0 fully saturated rings. The van der Waals surface area contributed by atoms with E-state index in [0.717, 1.165) is 16.9 Å². The van der Waals surface area contributed by atoms with Crippen LogP contribution in [0.3, 0.4) is 0 Å². The van der Waals surface area contributed by atoms with Crippen molar-refractivity contribution in [2.75, 3.05) is 0 Å². The van der Waals surface area contributed by atoms with E-state index < -0.39 is 0 Å². The fourth-order valence-electron chi connectivity index (χ4n) is 2.01. The smallest absolute Gasteiger partial charge is 0.265 e. The van der Waals surface area contributed by atoms with Crippen LogP contribution in [0.25, 0.3) is 5.65 Å². The second-order valence-corrected chi connectivity index (χ2v) is 4.68. The van der Waals surface area contributed by atoms with Crippen molar-refractivity contribution in [2.24, 2.45) is 7.05 Å². The van der Waals surface area contributed by atoms with Crippen LogP contribution in [0.1, 0.15) is 11.3 Å². The van der Waals surface area contributed by atoms with E-state index in [1.807, 2.05) is 24.3 Å². The molecule has 3 aromatic rings. The van der Waals surface area contributed by atoms with Gasteiger partial charge in [-0.2, -0.15) is 0 Å². The van der Waals surface area contributed by atoms with E-state index >= 15 is 0 Å². The highest BCUT2D eigenvalue weighted by Gasteiger charge is 2.14. The standard InChI is InChI=1S/C13H11ClN4O/c1-17-12-4-2-3-10(18(12)16-13(17)19)7-9-5-6-11(14)15-8-9/h2-6,8H,7H2,1H3. The molecule has 3 rings (SSSR count). The molecule has 0 saturated heterocycles. The normalized spacial score (nSPS) is 11.1. The third kappa shape index (κ3) is 2.13. The van der Waals surface area contributed by atoms with Crippen LogP contribution < -0.4 is 9.67 Å². The summed E-state index contributed by atoms with van der Waals surface area (Å²) in [5, 5.41) is 16.1. The summed E-state index contributed by atoms with van der Waals surface area (Å²) in [6.07, 6.45) is 2.37. The molecule has 0 radical (unpaired) electrons. The molecule has 0 aliphatic heterocycles. The number of aromatic nitrogens is 4. The van der Waals surface area contributed by atoms with Crippen molar-refractivity contribution in [1.29, 1.82) is 0 Å². The van der Waals surface area contributed by atoms with Crippen molar-refractivity contribution < 1.29 is 9.67 Å². The number of aryl methyl sites for hydroxylation is 1. The Hall–Kier alpha value is -2.14. The van der Waals surface area contributed by atoms with Crippen LogP contribution in [0.5, 0.6) is 6.01 Å². The number of hydrogen-bond acceptors (Lipinski definition) is 3. The third-order valence-electron chi connectivity index (χ3n) is 3.01. The van der Waals surface area contributed by atoms with Gasteiger partial charge in [-0.25, -0.2) is 9.55 Å². The van der Waals surface area contributed by atoms with E-state index in [-0.39, 0.29) is 6.01 Å². The van der Waals surface area contributed by atoms with Gasteiger partial charge < -0.3 is 5.11 Å². The predicted octanol–water partition coefficient (Wildman–Crippen LogP) is 0.872. The molecule has 5 nitrogen and oxygen atoms in total. The summed E-state index contributed by atoms with van der Waals surface area (Å²) in [5.74, 6) is 0. The fraction of sp³-hybridized carbons (Fsp3) is 0.154. The minimum Gasteiger partial charge on any atom is -0.818 e. The minimum absolute atomic E-state index is 0.262. The highest BCUT2D eigenvalue weighted by atomic mass is 35.5. The molecule has 0 N–H and O–H groups in total. The molecule has 0 amide bonds. The Morgan fingerprint density at radius 1 is 1.32 bits per heavy atom. The van der Waals surface area contributed by atoms with Gasteiger partial charge in [-0.1, -0.05) is 28.2 Å². The second kappa shape index (κ2) is 4.51. The lowest BCUT2D eigenvalue weighted by molar-refractivity contribution is -0.692. The summed E-state index contributed by atoms with van der Waals surface area (Å²) in [4.78, 5) is 4.05. The van der Waals surface area contributed by atoms with Crippen molar-refractivity contribution in [1.82, 2.24) is 14.6 Å². The predicted molar refractivity (Wildman–Crippen MR) is 67.9 cm³/mol. The minimum atomic E-state index is -0.262. The van der Waals surface area contributed by atoms with Gasteiger partial charge in [-0.3, -0.25) is 0 Å². The van der Waals surface area contributed by atoms with Crippen molar-refractivity contribution in [3.8, 4) is 6.01 Å². The third-order valence-corrected chi connectivity index (χ3v) is 3.24. The van der Waals surface area contributed by atoms with E-state index in [1.165, 1.54) is 4.57 Å². The first-order valence-electron chi connectivity index (χ1n) is 5.79. The molecule has 0 aliphatic rings. The van der Waals surface area contributed by atoms with Crippen LogP contribution in [-0.2, 0) is 13.5 Å². The topological polar surface area (TPSA) is 57.1 Å². The highest BCUT2D eigenvalue weighted by molar-refractivity contribution is 6.29. The quantitative estimate of drug-likeness (QED) is 0.515. The van der Waals surface area contributed by atoms with Crippen LogP contribution in [-0.4, -0.2) is 14.6 Å². The maximum absolute atomic E-state index is 11.6. The first kappa shape index (κ1) is 11.9. The molecule has 0 atom stereocenters. The zero-order chi connectivity index (χ0) is 13.4. The number of hydrogen-bond donors (Lipinski definition) is 0. The maximum atomic E-state index is 11.6. The second-order valence-electron chi connectivity index (χ2n) is 4.29. The van der Waals surface area contributed by atoms with Gasteiger partial charge in [0.1, 0.15) is 10.8 Å². The zero-order valence-electron chi connectivity index (χ0n) is 10.2. The Balaban J connectivity index is 2.05. The van der Waals surface area contributed by atoms with Crippen molar-refractivity contribution in [3.63, 3.8) is 0 Å². The van der Waals surface area contributed by atoms with Gasteiger partial charge in [-0.05, 0) is 17.7 Å². The Bertz CT molecular complexity index is 736. The number of rotatable bonds is 2. The van der Waals surface area contributed by atoms with Gasteiger partial charge in [0.25, 0.3) is 5.65 Å². The summed E-state index contributed by atoms with van der Waals surface area (Å²) in [7, 11) is 1.71. The van der Waals surface area contributed by atoms with Gasteiger partial charge in [0.05, 0.1) is 7.05 Å². The average molecular weight is 275 g/mol. The van der Waals surface area contributed by atoms with Crippen LogP contribution >= 0.6 is 11.6 Å². The summed E-state index contributed by atoms with van der Waals surface area (Å²) < 4.78 is 3.18. The van der Waals surface area contributed by atoms with E-state index in [4.69, 9.17) is 11.6 Å². The van der Waals surface area contributed by atoms with E-state index in [0.29, 0.717) is 11.6 Å². The Kier molecular flexibility index (Phi) is 2.83. The van der Waals surface area contributed by atoms with E-state index in [9.17, 15) is 5.11 Å². The summed E-state index contributed by atoms with van der Waals surface area (Å²) in [6, 6.07) is 9.11. The van der Waals surface area contributed by atoms with Crippen molar-refractivity contribution >= 4 is 17.2 Å².